The molecule has 6 N–H and O–H groups in total. The van der Waals surface area contributed by atoms with Gasteiger partial charge in [-0.05, 0) is 75.0 Å². The number of ether oxygens (including phenoxy) is 1. The highest BCUT2D eigenvalue weighted by Gasteiger charge is 2.68. The van der Waals surface area contributed by atoms with Crippen molar-refractivity contribution in [3.8, 4) is 0 Å². The van der Waals surface area contributed by atoms with Crippen LogP contribution in [-0.2, 0) is 14.3 Å². The molecule has 3 rings (SSSR count). The summed E-state index contributed by atoms with van der Waals surface area (Å²) >= 11 is 1.46. The Hall–Kier alpha value is -1.13. The number of amides is 1. The van der Waals surface area contributed by atoms with Crippen LogP contribution in [0.2, 0.25) is 0 Å². The van der Waals surface area contributed by atoms with Gasteiger partial charge in [-0.1, -0.05) is 47.6 Å². The first-order valence-electron chi connectivity index (χ1n) is 16.0. The molecule has 0 heterocycles. The number of hydrogen-bond acceptors (Lipinski definition) is 8. The number of carbonyl (C=O) groups is 2. The number of carbonyl (C=O) groups excluding carboxylic acids is 2. The van der Waals surface area contributed by atoms with Crippen molar-refractivity contribution in [2.24, 2.45) is 45.7 Å². The molecular weight excluding hydrogens is 550 g/mol. The van der Waals surface area contributed by atoms with Crippen LogP contribution in [0.4, 0.5) is 0 Å². The molecule has 0 aliphatic heterocycles. The third-order valence-corrected chi connectivity index (χ3v) is 12.8. The lowest BCUT2D eigenvalue weighted by Crippen LogP contribution is -2.63. The summed E-state index contributed by atoms with van der Waals surface area (Å²) in [5.41, 5.74) is 4.35. The minimum Gasteiger partial charge on any atom is -0.461 e. The Kier molecular flexibility index (Phi) is 11.3. The van der Waals surface area contributed by atoms with Crippen LogP contribution in [0, 0.1) is 39.9 Å². The first-order valence-corrected chi connectivity index (χ1v) is 17.0. The van der Waals surface area contributed by atoms with E-state index in [1.807, 2.05) is 40.7 Å². The Morgan fingerprint density at radius 2 is 1.83 bits per heavy atom. The van der Waals surface area contributed by atoms with E-state index in [-0.39, 0.29) is 52.8 Å². The third kappa shape index (κ3) is 6.75. The van der Waals surface area contributed by atoms with E-state index in [9.17, 15) is 19.8 Å². The maximum absolute atomic E-state index is 13.5. The second-order valence-corrected chi connectivity index (χ2v) is 16.7. The van der Waals surface area contributed by atoms with Crippen molar-refractivity contribution in [2.75, 3.05) is 25.4 Å². The quantitative estimate of drug-likeness (QED) is 0.166. The smallest absolute Gasteiger partial charge is 0.316 e. The Bertz CT molecular complexity index is 977. The summed E-state index contributed by atoms with van der Waals surface area (Å²) in [5, 5.41) is 29.4. The largest absolute Gasteiger partial charge is 0.461 e. The minimum absolute atomic E-state index is 0.00140. The number of hydrogen-bond donors (Lipinski definition) is 5. The lowest BCUT2D eigenvalue weighted by molar-refractivity contribution is -0.217. The van der Waals surface area contributed by atoms with Crippen LogP contribution < -0.4 is 16.4 Å². The van der Waals surface area contributed by atoms with Gasteiger partial charge in [0.1, 0.15) is 6.10 Å². The Morgan fingerprint density at radius 1 is 1.19 bits per heavy atom. The van der Waals surface area contributed by atoms with Gasteiger partial charge in [-0.25, -0.2) is 0 Å². The molecule has 0 spiro atoms. The van der Waals surface area contributed by atoms with Gasteiger partial charge in [-0.15, -0.1) is 18.3 Å². The van der Waals surface area contributed by atoms with Crippen LogP contribution in [0.3, 0.4) is 0 Å². The van der Waals surface area contributed by atoms with Gasteiger partial charge in [0, 0.05) is 35.2 Å². The summed E-state index contributed by atoms with van der Waals surface area (Å²) < 4.78 is 6.02. The third-order valence-electron chi connectivity index (χ3n) is 11.5. The monoisotopic (exact) mass is 609 g/mol. The fourth-order valence-corrected chi connectivity index (χ4v) is 9.32. The van der Waals surface area contributed by atoms with Gasteiger partial charge < -0.3 is 31.3 Å². The Balaban J connectivity index is 1.76. The van der Waals surface area contributed by atoms with Crippen molar-refractivity contribution in [2.45, 2.75) is 117 Å². The first kappa shape index (κ1) is 35.4. The van der Waals surface area contributed by atoms with Crippen LogP contribution in [0.15, 0.2) is 12.7 Å². The zero-order valence-corrected chi connectivity index (χ0v) is 28.2. The van der Waals surface area contributed by atoms with Crippen molar-refractivity contribution < 1.29 is 24.5 Å². The lowest BCUT2D eigenvalue weighted by atomic mass is 9.43. The molecule has 3 saturated carbocycles. The molecule has 0 unspecified atom stereocenters. The molecule has 0 saturated heterocycles. The zero-order chi connectivity index (χ0) is 31.7. The number of esters is 1. The van der Waals surface area contributed by atoms with Crippen molar-refractivity contribution >= 4 is 23.6 Å². The van der Waals surface area contributed by atoms with E-state index in [2.05, 4.69) is 38.0 Å². The number of nitrogens with two attached hydrogens (primary N) is 1. The van der Waals surface area contributed by atoms with Crippen molar-refractivity contribution in [3.05, 3.63) is 12.7 Å². The predicted molar refractivity (Wildman–Crippen MR) is 171 cm³/mol. The fraction of sp³-hybridized carbons (Fsp3) is 0.879. The van der Waals surface area contributed by atoms with Gasteiger partial charge in [0.2, 0.25) is 5.91 Å². The van der Waals surface area contributed by atoms with Crippen molar-refractivity contribution in [3.63, 3.8) is 0 Å². The summed E-state index contributed by atoms with van der Waals surface area (Å²) in [4.78, 5) is 26.4. The van der Waals surface area contributed by atoms with E-state index in [1.54, 1.807) is 0 Å². The molecule has 3 aliphatic carbocycles. The Labute approximate surface area is 258 Å². The van der Waals surface area contributed by atoms with E-state index >= 15 is 0 Å². The highest BCUT2D eigenvalue weighted by Crippen LogP contribution is 2.69. The molecule has 0 aromatic rings. The molecule has 0 aromatic carbocycles. The van der Waals surface area contributed by atoms with Crippen LogP contribution in [-0.4, -0.2) is 76.6 Å². The molecule has 10 atom stereocenters. The molecule has 3 aliphatic rings. The molecule has 9 heteroatoms. The predicted octanol–water partition coefficient (Wildman–Crippen LogP) is 3.89. The van der Waals surface area contributed by atoms with E-state index in [4.69, 9.17) is 10.5 Å². The van der Waals surface area contributed by atoms with Crippen molar-refractivity contribution in [1.29, 1.82) is 0 Å². The van der Waals surface area contributed by atoms with Gasteiger partial charge in [-0.2, -0.15) is 0 Å². The molecule has 0 aromatic heterocycles. The summed E-state index contributed by atoms with van der Waals surface area (Å²) in [6, 6.07) is -0.327. The van der Waals surface area contributed by atoms with Gasteiger partial charge in [0.05, 0.1) is 24.0 Å². The molecule has 242 valence electrons. The molecule has 0 radical (unpaired) electrons. The SMILES string of the molecule is C=C[C@]1(C)C[C@@H](OC(=O)CSC(C)(C)CNC(=O)[C@H](NCCN)C(C)C)[C@]2(C)[C@H](C)CC[C@]3(CC[C@@H](O)[C@H]32)[C@@H](C)[C@@H]1O. The highest BCUT2D eigenvalue weighted by atomic mass is 32.2. The van der Waals surface area contributed by atoms with Crippen LogP contribution in [0.25, 0.3) is 0 Å². The van der Waals surface area contributed by atoms with Crippen LogP contribution in [0.5, 0.6) is 0 Å². The summed E-state index contributed by atoms with van der Waals surface area (Å²) in [6.45, 7) is 22.2. The lowest BCUT2D eigenvalue weighted by Gasteiger charge is -2.63. The summed E-state index contributed by atoms with van der Waals surface area (Å²) in [6.07, 6.45) is 4.25. The molecule has 8 nitrogen and oxygen atoms in total. The summed E-state index contributed by atoms with van der Waals surface area (Å²) in [7, 11) is 0. The highest BCUT2D eigenvalue weighted by molar-refractivity contribution is 8.01. The number of aliphatic hydroxyl groups excluding tert-OH is 2. The molecule has 3 fully saturated rings. The van der Waals surface area contributed by atoms with E-state index in [0.717, 1.165) is 19.3 Å². The standard InChI is InChI=1S/C33H59N3O5S/c1-10-31(8)17-24(32(9)21(4)11-13-33(22(5)28(31)39)14-12-23(37)27(32)33)41-25(38)18-42-30(6,7)19-36-29(40)26(20(2)3)35-16-15-34/h10,20-24,26-28,35,37,39H,1,11-19,34H2,2-9H3,(H,36,40)/t21-,22+,23-,24-,26-,27+,28+,31-,32+,33+/m1/s1. The van der Waals surface area contributed by atoms with E-state index in [0.29, 0.717) is 32.5 Å². The maximum atomic E-state index is 13.5. The topological polar surface area (TPSA) is 134 Å². The van der Waals surface area contributed by atoms with Gasteiger partial charge >= 0.3 is 5.97 Å². The Morgan fingerprint density at radius 3 is 2.43 bits per heavy atom. The molecule has 42 heavy (non-hydrogen) atoms. The second kappa shape index (κ2) is 13.5. The van der Waals surface area contributed by atoms with E-state index in [1.165, 1.54) is 11.8 Å². The normalized spacial score (nSPS) is 39.1. The number of nitrogens with one attached hydrogen (secondary N) is 2. The minimum atomic E-state index is -0.645. The van der Waals surface area contributed by atoms with Crippen molar-refractivity contribution in [1.82, 2.24) is 10.6 Å². The molecule has 2 bridgehead atoms. The molecular formula is C33H59N3O5S. The number of thioether (sulfide) groups is 1. The average Bonchev–Trinajstić information content (AvgIpc) is 3.29. The second-order valence-electron chi connectivity index (χ2n) is 15.0. The first-order chi connectivity index (χ1) is 19.5. The van der Waals surface area contributed by atoms with Gasteiger partial charge in [0.25, 0.3) is 0 Å². The zero-order valence-electron chi connectivity index (χ0n) is 27.4. The fourth-order valence-electron chi connectivity index (χ4n) is 8.57. The average molecular weight is 610 g/mol. The van der Waals surface area contributed by atoms with E-state index < -0.39 is 33.9 Å². The number of rotatable bonds is 12. The van der Waals surface area contributed by atoms with Gasteiger partial charge in [-0.3, -0.25) is 9.59 Å². The van der Waals surface area contributed by atoms with Crippen LogP contribution >= 0.6 is 11.8 Å². The number of aliphatic hydroxyl groups is 2. The summed E-state index contributed by atoms with van der Waals surface area (Å²) in [5.74, 6) is 0.0861. The van der Waals surface area contributed by atoms with Gasteiger partial charge in [0.15, 0.2) is 0 Å². The maximum Gasteiger partial charge on any atom is 0.316 e. The molecule has 1 amide bonds. The van der Waals surface area contributed by atoms with Crippen LogP contribution in [0.1, 0.15) is 87.5 Å².